The Labute approximate surface area is 156 Å². The van der Waals surface area contributed by atoms with Crippen molar-refractivity contribution in [1.82, 2.24) is 4.98 Å². The number of thiazole rings is 1. The molecular formula is C19H18FNO3S2. The molecule has 0 aliphatic rings. The van der Waals surface area contributed by atoms with Crippen molar-refractivity contribution in [2.75, 3.05) is 7.11 Å². The first-order chi connectivity index (χ1) is 12.4. The molecule has 0 spiro atoms. The number of halogens is 1. The van der Waals surface area contributed by atoms with E-state index in [2.05, 4.69) is 4.98 Å². The molecule has 3 aromatic rings. The Kier molecular flexibility index (Phi) is 5.68. The zero-order valence-electron chi connectivity index (χ0n) is 14.2. The molecule has 0 fully saturated rings. The molecule has 2 aromatic carbocycles. The average molecular weight is 391 g/mol. The summed E-state index contributed by atoms with van der Waals surface area (Å²) in [4.78, 5) is 4.42. The van der Waals surface area contributed by atoms with Gasteiger partial charge in [-0.05, 0) is 23.3 Å². The highest BCUT2D eigenvalue weighted by Crippen LogP contribution is 2.21. The molecule has 0 aliphatic heterocycles. The summed E-state index contributed by atoms with van der Waals surface area (Å²) in [5.74, 6) is -0.874. The lowest BCUT2D eigenvalue weighted by Crippen LogP contribution is -2.08. The number of methoxy groups -OCH3 is 1. The van der Waals surface area contributed by atoms with Crippen molar-refractivity contribution in [3.05, 3.63) is 81.6 Å². The number of hydrogen-bond donors (Lipinski definition) is 0. The minimum Gasteiger partial charge on any atom is -0.494 e. The van der Waals surface area contributed by atoms with Crippen molar-refractivity contribution in [2.24, 2.45) is 0 Å². The summed E-state index contributed by atoms with van der Waals surface area (Å²) in [6.45, 7) is 0. The fraction of sp³-hybridized carbons (Fsp3) is 0.211. The molecule has 0 unspecified atom stereocenters. The standard InChI is InChI=1S/C19H18FNO3S2/c1-24-18-8-7-15(9-17(18)20)12-26(22,23)13-16-11-25-19(21-16)10-14-5-3-2-4-6-14/h2-9,11H,10,12-13H2,1H3. The van der Waals surface area contributed by atoms with E-state index in [1.165, 1.54) is 30.6 Å². The summed E-state index contributed by atoms with van der Waals surface area (Å²) in [5, 5.41) is 2.64. The SMILES string of the molecule is COc1ccc(CS(=O)(=O)Cc2csc(Cc3ccccc3)n2)cc1F. The maximum Gasteiger partial charge on any atom is 0.165 e. The monoisotopic (exact) mass is 391 g/mol. The molecule has 0 saturated carbocycles. The van der Waals surface area contributed by atoms with Crippen molar-refractivity contribution in [3.63, 3.8) is 0 Å². The fourth-order valence-electron chi connectivity index (χ4n) is 2.60. The lowest BCUT2D eigenvalue weighted by atomic mass is 10.2. The molecule has 0 aliphatic carbocycles. The van der Waals surface area contributed by atoms with Gasteiger partial charge in [0.05, 0.1) is 29.3 Å². The molecule has 0 saturated heterocycles. The molecule has 1 aromatic heterocycles. The van der Waals surface area contributed by atoms with Gasteiger partial charge < -0.3 is 4.74 Å². The highest BCUT2D eigenvalue weighted by atomic mass is 32.2. The van der Waals surface area contributed by atoms with Crippen molar-refractivity contribution >= 4 is 21.2 Å². The maximum absolute atomic E-state index is 13.7. The van der Waals surface area contributed by atoms with Crippen LogP contribution in [-0.4, -0.2) is 20.5 Å². The van der Waals surface area contributed by atoms with Gasteiger partial charge in [0.1, 0.15) is 0 Å². The van der Waals surface area contributed by atoms with Crippen LogP contribution in [0.4, 0.5) is 4.39 Å². The second kappa shape index (κ2) is 7.97. The van der Waals surface area contributed by atoms with E-state index < -0.39 is 15.7 Å². The van der Waals surface area contributed by atoms with Gasteiger partial charge in [-0.25, -0.2) is 17.8 Å². The minimum atomic E-state index is -3.45. The molecule has 0 N–H and O–H groups in total. The molecule has 0 radical (unpaired) electrons. The van der Waals surface area contributed by atoms with Gasteiger partial charge in [-0.1, -0.05) is 36.4 Å². The summed E-state index contributed by atoms with van der Waals surface area (Å²) in [7, 11) is -2.08. The molecule has 26 heavy (non-hydrogen) atoms. The van der Waals surface area contributed by atoms with Crippen LogP contribution < -0.4 is 4.74 Å². The number of ether oxygens (including phenoxy) is 1. The third-order valence-electron chi connectivity index (χ3n) is 3.77. The smallest absolute Gasteiger partial charge is 0.165 e. The predicted octanol–water partition coefficient (Wildman–Crippen LogP) is 4.00. The highest BCUT2D eigenvalue weighted by Gasteiger charge is 2.17. The van der Waals surface area contributed by atoms with Gasteiger partial charge in [0.25, 0.3) is 0 Å². The van der Waals surface area contributed by atoms with Gasteiger partial charge in [0.15, 0.2) is 21.4 Å². The van der Waals surface area contributed by atoms with Crippen LogP contribution in [0.1, 0.15) is 21.8 Å². The average Bonchev–Trinajstić information content (AvgIpc) is 3.01. The van der Waals surface area contributed by atoms with E-state index in [1.54, 1.807) is 11.4 Å². The first kappa shape index (κ1) is 18.5. The van der Waals surface area contributed by atoms with Crippen LogP contribution in [0.2, 0.25) is 0 Å². The second-order valence-electron chi connectivity index (χ2n) is 5.90. The molecule has 7 heteroatoms. The van der Waals surface area contributed by atoms with Crippen LogP contribution in [0.25, 0.3) is 0 Å². The Morgan fingerprint density at radius 2 is 1.85 bits per heavy atom. The van der Waals surface area contributed by atoms with E-state index >= 15 is 0 Å². The van der Waals surface area contributed by atoms with Gasteiger partial charge in [-0.2, -0.15) is 0 Å². The van der Waals surface area contributed by atoms with E-state index in [1.807, 2.05) is 30.3 Å². The van der Waals surface area contributed by atoms with Gasteiger partial charge in [0, 0.05) is 11.8 Å². The number of nitrogens with zero attached hydrogens (tertiary/aromatic N) is 1. The lowest BCUT2D eigenvalue weighted by molar-refractivity contribution is 0.386. The minimum absolute atomic E-state index is 0.0937. The summed E-state index contributed by atoms with van der Waals surface area (Å²) in [6.07, 6.45) is 0.676. The zero-order chi connectivity index (χ0) is 18.6. The molecule has 0 atom stereocenters. The first-order valence-electron chi connectivity index (χ1n) is 7.95. The van der Waals surface area contributed by atoms with Crippen LogP contribution in [0.3, 0.4) is 0 Å². The van der Waals surface area contributed by atoms with Crippen LogP contribution in [0.5, 0.6) is 5.75 Å². The Morgan fingerprint density at radius 1 is 1.08 bits per heavy atom. The van der Waals surface area contributed by atoms with Crippen LogP contribution in [-0.2, 0) is 27.8 Å². The van der Waals surface area contributed by atoms with Gasteiger partial charge in [-0.15, -0.1) is 11.3 Å². The third-order valence-corrected chi connectivity index (χ3v) is 6.17. The molecule has 0 bridgehead atoms. The molecule has 136 valence electrons. The van der Waals surface area contributed by atoms with Gasteiger partial charge in [0.2, 0.25) is 0 Å². The number of rotatable bonds is 7. The molecule has 3 rings (SSSR count). The topological polar surface area (TPSA) is 56.3 Å². The predicted molar refractivity (Wildman–Crippen MR) is 101 cm³/mol. The van der Waals surface area contributed by atoms with Crippen molar-refractivity contribution < 1.29 is 17.5 Å². The largest absolute Gasteiger partial charge is 0.494 e. The summed E-state index contributed by atoms with van der Waals surface area (Å²) >= 11 is 1.45. The molecular weight excluding hydrogens is 373 g/mol. The van der Waals surface area contributed by atoms with Crippen molar-refractivity contribution in [1.29, 1.82) is 0 Å². The Balaban J connectivity index is 1.67. The van der Waals surface area contributed by atoms with E-state index in [9.17, 15) is 12.8 Å². The number of sulfone groups is 1. The van der Waals surface area contributed by atoms with E-state index in [4.69, 9.17) is 4.74 Å². The number of benzene rings is 2. The normalized spacial score (nSPS) is 11.5. The quantitative estimate of drug-likeness (QED) is 0.611. The number of hydrogen-bond acceptors (Lipinski definition) is 5. The van der Waals surface area contributed by atoms with Crippen molar-refractivity contribution in [3.8, 4) is 5.75 Å². The third kappa shape index (κ3) is 4.89. The second-order valence-corrected chi connectivity index (χ2v) is 8.90. The van der Waals surface area contributed by atoms with E-state index in [0.717, 1.165) is 10.6 Å². The maximum atomic E-state index is 13.7. The molecule has 0 amide bonds. The molecule has 4 nitrogen and oxygen atoms in total. The van der Waals surface area contributed by atoms with Crippen LogP contribution in [0, 0.1) is 5.82 Å². The summed E-state index contributed by atoms with van der Waals surface area (Å²) < 4.78 is 43.4. The Hall–Kier alpha value is -2.25. The summed E-state index contributed by atoms with van der Waals surface area (Å²) in [5.41, 5.74) is 2.04. The molecule has 1 heterocycles. The van der Waals surface area contributed by atoms with Gasteiger partial charge >= 0.3 is 0 Å². The van der Waals surface area contributed by atoms with Gasteiger partial charge in [-0.3, -0.25) is 0 Å². The number of aromatic nitrogens is 1. The fourth-order valence-corrected chi connectivity index (χ4v) is 4.92. The summed E-state index contributed by atoms with van der Waals surface area (Å²) in [6, 6.07) is 14.1. The lowest BCUT2D eigenvalue weighted by Gasteiger charge is -2.06. The van der Waals surface area contributed by atoms with Crippen molar-refractivity contribution in [2.45, 2.75) is 17.9 Å². The van der Waals surface area contributed by atoms with Crippen LogP contribution in [0.15, 0.2) is 53.9 Å². The highest BCUT2D eigenvalue weighted by molar-refractivity contribution is 7.89. The van der Waals surface area contributed by atoms with E-state index in [0.29, 0.717) is 17.7 Å². The Morgan fingerprint density at radius 3 is 2.54 bits per heavy atom. The van der Waals surface area contributed by atoms with E-state index in [-0.39, 0.29) is 17.3 Å². The van der Waals surface area contributed by atoms with Crippen LogP contribution >= 0.6 is 11.3 Å². The first-order valence-corrected chi connectivity index (χ1v) is 10.7. The zero-order valence-corrected chi connectivity index (χ0v) is 15.8. The Bertz CT molecular complexity index is 985.